The number of nitrogens with one attached hydrogen (secondary N) is 3. The monoisotopic (exact) mass is 333 g/mol. The van der Waals surface area contributed by atoms with Crippen molar-refractivity contribution in [1.82, 2.24) is 5.32 Å². The van der Waals surface area contributed by atoms with Gasteiger partial charge in [0.2, 0.25) is 5.91 Å². The van der Waals surface area contributed by atoms with Crippen molar-refractivity contribution in [3.05, 3.63) is 40.6 Å². The number of hydrogen-bond acceptors (Lipinski definition) is 4. The van der Waals surface area contributed by atoms with E-state index < -0.39 is 0 Å². The van der Waals surface area contributed by atoms with Crippen molar-refractivity contribution >= 4 is 34.6 Å². The molecule has 0 unspecified atom stereocenters. The van der Waals surface area contributed by atoms with Crippen molar-refractivity contribution in [2.24, 2.45) is 0 Å². The molecule has 0 aliphatic rings. The Kier molecular flexibility index (Phi) is 5.99. The molecule has 1 aromatic carbocycles. The van der Waals surface area contributed by atoms with Crippen molar-refractivity contribution in [2.45, 2.75) is 13.3 Å². The Morgan fingerprint density at radius 2 is 2.04 bits per heavy atom. The Morgan fingerprint density at radius 3 is 2.70 bits per heavy atom. The number of rotatable bonds is 6. The maximum atomic E-state index is 11.9. The second kappa shape index (κ2) is 8.19. The molecular weight excluding hydrogens is 314 g/mol. The van der Waals surface area contributed by atoms with E-state index in [9.17, 15) is 9.59 Å². The lowest BCUT2D eigenvalue weighted by Crippen LogP contribution is -2.30. The van der Waals surface area contributed by atoms with Crippen LogP contribution in [0, 0.1) is 0 Å². The Hall–Kier alpha value is -2.54. The molecule has 0 spiro atoms. The molecule has 3 amide bonds. The fraction of sp³-hybridized carbons (Fsp3) is 0.250. The van der Waals surface area contributed by atoms with Gasteiger partial charge < -0.3 is 20.7 Å². The molecule has 6 nitrogen and oxygen atoms in total. The van der Waals surface area contributed by atoms with Crippen LogP contribution in [-0.4, -0.2) is 25.6 Å². The van der Waals surface area contributed by atoms with Crippen LogP contribution in [0.2, 0.25) is 0 Å². The van der Waals surface area contributed by atoms with Gasteiger partial charge in [0.25, 0.3) is 0 Å². The summed E-state index contributed by atoms with van der Waals surface area (Å²) in [6.45, 7) is 1.99. The van der Waals surface area contributed by atoms with Gasteiger partial charge in [-0.2, -0.15) is 0 Å². The molecule has 122 valence electrons. The molecule has 0 saturated heterocycles. The summed E-state index contributed by atoms with van der Waals surface area (Å²) in [4.78, 5) is 24.2. The number of thiophene rings is 1. The molecule has 0 aliphatic heterocycles. The zero-order valence-electron chi connectivity index (χ0n) is 13.0. The first kappa shape index (κ1) is 16.8. The number of methoxy groups -OCH3 is 1. The van der Waals surface area contributed by atoms with Gasteiger partial charge in [-0.1, -0.05) is 6.07 Å². The fourth-order valence-electron chi connectivity index (χ4n) is 1.99. The normalized spacial score (nSPS) is 10.0. The van der Waals surface area contributed by atoms with Gasteiger partial charge in [0.1, 0.15) is 5.75 Å². The molecule has 7 heteroatoms. The average molecular weight is 333 g/mol. The average Bonchev–Trinajstić information content (AvgIpc) is 3.01. The molecule has 23 heavy (non-hydrogen) atoms. The molecule has 1 aromatic heterocycles. The standard InChI is InChI=1S/C16H19N3O3S/c1-11(20)18-14-6-5-12(10-15(14)22-2)19-16(21)17-8-7-13-4-3-9-23-13/h3-6,9-10H,7-8H2,1-2H3,(H,18,20)(H2,17,19,21). The van der Waals surface area contributed by atoms with E-state index in [1.165, 1.54) is 18.9 Å². The predicted molar refractivity (Wildman–Crippen MR) is 92.3 cm³/mol. The molecule has 2 rings (SSSR count). The summed E-state index contributed by atoms with van der Waals surface area (Å²) in [6, 6.07) is 8.78. The minimum absolute atomic E-state index is 0.185. The second-order valence-corrected chi connectivity index (χ2v) is 5.84. The third-order valence-corrected chi connectivity index (χ3v) is 3.94. The number of amides is 3. The highest BCUT2D eigenvalue weighted by molar-refractivity contribution is 7.09. The Morgan fingerprint density at radius 1 is 1.22 bits per heavy atom. The van der Waals surface area contributed by atoms with Crippen LogP contribution in [0.3, 0.4) is 0 Å². The fourth-order valence-corrected chi connectivity index (χ4v) is 2.70. The van der Waals surface area contributed by atoms with Crippen molar-refractivity contribution in [3.8, 4) is 5.75 Å². The predicted octanol–water partition coefficient (Wildman–Crippen LogP) is 3.08. The Labute approximate surface area is 138 Å². The first-order valence-electron chi connectivity index (χ1n) is 7.11. The highest BCUT2D eigenvalue weighted by Crippen LogP contribution is 2.27. The second-order valence-electron chi connectivity index (χ2n) is 4.81. The number of anilines is 2. The van der Waals surface area contributed by atoms with E-state index in [0.29, 0.717) is 23.7 Å². The molecule has 0 bridgehead atoms. The quantitative estimate of drug-likeness (QED) is 0.760. The van der Waals surface area contributed by atoms with Crippen LogP contribution in [0.5, 0.6) is 5.75 Å². The summed E-state index contributed by atoms with van der Waals surface area (Å²) in [5.41, 5.74) is 1.15. The molecular formula is C16H19N3O3S. The molecule has 0 fully saturated rings. The van der Waals surface area contributed by atoms with Gasteiger partial charge >= 0.3 is 6.03 Å². The van der Waals surface area contributed by atoms with Crippen LogP contribution in [0.4, 0.5) is 16.2 Å². The number of carbonyl (C=O) groups excluding carboxylic acids is 2. The van der Waals surface area contributed by atoms with Gasteiger partial charge in [0.15, 0.2) is 0 Å². The van der Waals surface area contributed by atoms with Gasteiger partial charge in [-0.3, -0.25) is 4.79 Å². The third kappa shape index (κ3) is 5.30. The number of hydrogen-bond donors (Lipinski definition) is 3. The highest BCUT2D eigenvalue weighted by atomic mass is 32.1. The minimum atomic E-state index is -0.282. The Balaban J connectivity index is 1.88. The summed E-state index contributed by atoms with van der Waals surface area (Å²) in [5, 5.41) is 10.2. The van der Waals surface area contributed by atoms with E-state index in [-0.39, 0.29) is 11.9 Å². The Bertz CT molecular complexity index is 671. The molecule has 0 atom stereocenters. The SMILES string of the molecule is COc1cc(NC(=O)NCCc2cccs2)ccc1NC(C)=O. The van der Waals surface area contributed by atoms with Crippen molar-refractivity contribution in [2.75, 3.05) is 24.3 Å². The van der Waals surface area contributed by atoms with Crippen LogP contribution in [0.25, 0.3) is 0 Å². The number of benzene rings is 1. The summed E-state index contributed by atoms with van der Waals surface area (Å²) in [5.74, 6) is 0.298. The largest absolute Gasteiger partial charge is 0.494 e. The van der Waals surface area contributed by atoms with Crippen molar-refractivity contribution in [1.29, 1.82) is 0 Å². The first-order valence-corrected chi connectivity index (χ1v) is 7.99. The molecule has 0 radical (unpaired) electrons. The van der Waals surface area contributed by atoms with E-state index in [1.807, 2.05) is 17.5 Å². The molecule has 0 aliphatic carbocycles. The van der Waals surface area contributed by atoms with Crippen LogP contribution < -0.4 is 20.7 Å². The molecule has 0 saturated carbocycles. The van der Waals surface area contributed by atoms with Crippen molar-refractivity contribution in [3.63, 3.8) is 0 Å². The third-order valence-electron chi connectivity index (χ3n) is 3.01. The zero-order chi connectivity index (χ0) is 16.7. The summed E-state index contributed by atoms with van der Waals surface area (Å²) >= 11 is 1.67. The van der Waals surface area contributed by atoms with Gasteiger partial charge in [-0.15, -0.1) is 11.3 Å². The highest BCUT2D eigenvalue weighted by Gasteiger charge is 2.08. The van der Waals surface area contributed by atoms with Crippen LogP contribution >= 0.6 is 11.3 Å². The maximum Gasteiger partial charge on any atom is 0.319 e. The summed E-state index contributed by atoms with van der Waals surface area (Å²) in [7, 11) is 1.51. The van der Waals surface area contributed by atoms with E-state index in [4.69, 9.17) is 4.74 Å². The van der Waals surface area contributed by atoms with Crippen LogP contribution in [-0.2, 0) is 11.2 Å². The number of urea groups is 1. The van der Waals surface area contributed by atoms with Gasteiger partial charge in [0, 0.05) is 30.1 Å². The van der Waals surface area contributed by atoms with E-state index in [1.54, 1.807) is 29.5 Å². The topological polar surface area (TPSA) is 79.5 Å². The number of ether oxygens (including phenoxy) is 1. The zero-order valence-corrected chi connectivity index (χ0v) is 13.8. The minimum Gasteiger partial charge on any atom is -0.494 e. The van der Waals surface area contributed by atoms with Gasteiger partial charge in [-0.25, -0.2) is 4.79 Å². The van der Waals surface area contributed by atoms with Gasteiger partial charge in [-0.05, 0) is 30.0 Å². The summed E-state index contributed by atoms with van der Waals surface area (Å²) < 4.78 is 5.21. The molecule has 3 N–H and O–H groups in total. The number of carbonyl (C=O) groups is 2. The van der Waals surface area contributed by atoms with Crippen molar-refractivity contribution < 1.29 is 14.3 Å². The lowest BCUT2D eigenvalue weighted by Gasteiger charge is -2.12. The smallest absolute Gasteiger partial charge is 0.319 e. The lowest BCUT2D eigenvalue weighted by atomic mass is 10.2. The van der Waals surface area contributed by atoms with E-state index in [2.05, 4.69) is 16.0 Å². The maximum absolute atomic E-state index is 11.9. The first-order chi connectivity index (χ1) is 11.1. The lowest BCUT2D eigenvalue weighted by molar-refractivity contribution is -0.114. The summed E-state index contributed by atoms with van der Waals surface area (Å²) in [6.07, 6.45) is 0.801. The van der Waals surface area contributed by atoms with Gasteiger partial charge in [0.05, 0.1) is 12.8 Å². The van der Waals surface area contributed by atoms with E-state index in [0.717, 1.165) is 6.42 Å². The van der Waals surface area contributed by atoms with Crippen LogP contribution in [0.1, 0.15) is 11.8 Å². The molecule has 1 heterocycles. The van der Waals surface area contributed by atoms with E-state index >= 15 is 0 Å². The van der Waals surface area contributed by atoms with Crippen LogP contribution in [0.15, 0.2) is 35.7 Å². The molecule has 2 aromatic rings.